The quantitative estimate of drug-likeness (QED) is 0.577. The summed E-state index contributed by atoms with van der Waals surface area (Å²) in [6.45, 7) is 0. The number of rotatable bonds is 2. The van der Waals surface area contributed by atoms with Gasteiger partial charge in [0.25, 0.3) is 11.8 Å². The number of barbiturate groups is 1. The van der Waals surface area contributed by atoms with E-state index in [4.69, 9.17) is 34.8 Å². The first-order valence-corrected chi connectivity index (χ1v) is 8.26. The molecule has 0 atom stereocenters. The zero-order chi connectivity index (χ0) is 19.0. The Balaban J connectivity index is 2.04. The van der Waals surface area contributed by atoms with Crippen molar-refractivity contribution in [2.24, 2.45) is 0 Å². The van der Waals surface area contributed by atoms with Crippen LogP contribution in [0.5, 0.6) is 5.75 Å². The smallest absolute Gasteiger partial charge is 0.335 e. The number of anilines is 1. The van der Waals surface area contributed by atoms with Crippen LogP contribution in [0.2, 0.25) is 15.1 Å². The van der Waals surface area contributed by atoms with Crippen LogP contribution in [0.3, 0.4) is 0 Å². The van der Waals surface area contributed by atoms with Crippen LogP contribution in [0, 0.1) is 0 Å². The normalized spacial score (nSPS) is 16.2. The van der Waals surface area contributed by atoms with E-state index in [2.05, 4.69) is 5.32 Å². The molecule has 0 aliphatic carbocycles. The van der Waals surface area contributed by atoms with Crippen molar-refractivity contribution in [1.82, 2.24) is 5.32 Å². The molecule has 3 rings (SSSR count). The number of urea groups is 1. The lowest BCUT2D eigenvalue weighted by Gasteiger charge is -2.26. The summed E-state index contributed by atoms with van der Waals surface area (Å²) in [5, 5.41) is 12.0. The molecule has 2 aromatic rings. The van der Waals surface area contributed by atoms with Gasteiger partial charge >= 0.3 is 6.03 Å². The first-order chi connectivity index (χ1) is 12.3. The van der Waals surface area contributed by atoms with Gasteiger partial charge in [-0.25, -0.2) is 9.69 Å². The van der Waals surface area contributed by atoms with Gasteiger partial charge in [-0.3, -0.25) is 14.9 Å². The second-order valence-electron chi connectivity index (χ2n) is 5.27. The van der Waals surface area contributed by atoms with Gasteiger partial charge in [-0.05, 0) is 48.0 Å². The second-order valence-corrected chi connectivity index (χ2v) is 6.52. The van der Waals surface area contributed by atoms with Gasteiger partial charge in [-0.15, -0.1) is 0 Å². The van der Waals surface area contributed by atoms with E-state index < -0.39 is 17.8 Å². The van der Waals surface area contributed by atoms with E-state index in [0.717, 1.165) is 4.90 Å². The standard InChI is InChI=1S/C17H9Cl3N2O4/c18-9-1-3-10(4-2-9)22-16(25)11(15(24)21-17(22)26)5-8-6-12(19)14(23)13(20)7-8/h1-7,23H,(H,21,24,26). The number of benzene rings is 2. The van der Waals surface area contributed by atoms with Gasteiger partial charge in [0, 0.05) is 5.02 Å². The molecule has 0 aromatic heterocycles. The Morgan fingerprint density at radius 3 is 2.12 bits per heavy atom. The molecule has 2 aromatic carbocycles. The summed E-state index contributed by atoms with van der Waals surface area (Å²) in [5.74, 6) is -1.99. The van der Waals surface area contributed by atoms with Crippen molar-refractivity contribution in [1.29, 1.82) is 0 Å². The van der Waals surface area contributed by atoms with Crippen LogP contribution in [0.25, 0.3) is 6.08 Å². The number of imide groups is 2. The van der Waals surface area contributed by atoms with Crippen LogP contribution in [-0.4, -0.2) is 23.0 Å². The summed E-state index contributed by atoms with van der Waals surface area (Å²) >= 11 is 17.5. The molecule has 1 heterocycles. The number of carbonyl (C=O) groups excluding carboxylic acids is 3. The van der Waals surface area contributed by atoms with E-state index in [9.17, 15) is 19.5 Å². The van der Waals surface area contributed by atoms with Crippen molar-refractivity contribution in [2.75, 3.05) is 4.90 Å². The number of halogens is 3. The fourth-order valence-corrected chi connectivity index (χ4v) is 2.95. The van der Waals surface area contributed by atoms with Crippen LogP contribution in [-0.2, 0) is 9.59 Å². The molecule has 132 valence electrons. The first kappa shape index (κ1) is 18.3. The Bertz CT molecular complexity index is 947. The highest BCUT2D eigenvalue weighted by atomic mass is 35.5. The third-order valence-electron chi connectivity index (χ3n) is 3.54. The molecule has 1 aliphatic rings. The summed E-state index contributed by atoms with van der Waals surface area (Å²) in [6, 6.07) is 7.76. The highest BCUT2D eigenvalue weighted by Gasteiger charge is 2.36. The maximum Gasteiger partial charge on any atom is 0.335 e. The van der Waals surface area contributed by atoms with Crippen LogP contribution in [0.4, 0.5) is 10.5 Å². The molecule has 0 bridgehead atoms. The third-order valence-corrected chi connectivity index (χ3v) is 4.36. The van der Waals surface area contributed by atoms with E-state index >= 15 is 0 Å². The number of aromatic hydroxyl groups is 1. The van der Waals surface area contributed by atoms with Crippen molar-refractivity contribution in [3.05, 3.63) is 62.6 Å². The minimum atomic E-state index is -0.874. The Kier molecular flexibility index (Phi) is 4.91. The molecule has 26 heavy (non-hydrogen) atoms. The summed E-state index contributed by atoms with van der Waals surface area (Å²) < 4.78 is 0. The fraction of sp³-hybridized carbons (Fsp3) is 0. The van der Waals surface area contributed by atoms with Gasteiger partial charge in [0.05, 0.1) is 15.7 Å². The predicted molar refractivity (Wildman–Crippen MR) is 98.6 cm³/mol. The zero-order valence-corrected chi connectivity index (χ0v) is 15.1. The predicted octanol–water partition coefficient (Wildman–Crippen LogP) is 4.02. The van der Waals surface area contributed by atoms with Crippen LogP contribution in [0.15, 0.2) is 42.0 Å². The van der Waals surface area contributed by atoms with Gasteiger partial charge in [0.1, 0.15) is 5.57 Å². The topological polar surface area (TPSA) is 86.7 Å². The Labute approximate surface area is 162 Å². The summed E-state index contributed by atoms with van der Waals surface area (Å²) in [6.07, 6.45) is 1.23. The van der Waals surface area contributed by atoms with Crippen LogP contribution < -0.4 is 10.2 Å². The average molecular weight is 412 g/mol. The van der Waals surface area contributed by atoms with E-state index in [-0.39, 0.29) is 27.1 Å². The number of phenolic OH excluding ortho intramolecular Hbond substituents is 1. The summed E-state index contributed by atoms with van der Waals surface area (Å²) in [7, 11) is 0. The SMILES string of the molecule is O=C1NC(=O)N(c2ccc(Cl)cc2)C(=O)C1=Cc1cc(Cl)c(O)c(Cl)c1. The Morgan fingerprint density at radius 2 is 1.54 bits per heavy atom. The number of nitrogens with one attached hydrogen (secondary N) is 1. The molecular formula is C17H9Cl3N2O4. The van der Waals surface area contributed by atoms with E-state index in [1.54, 1.807) is 0 Å². The molecule has 0 radical (unpaired) electrons. The maximum absolute atomic E-state index is 12.7. The number of hydrogen-bond donors (Lipinski definition) is 2. The molecule has 1 aliphatic heterocycles. The molecule has 0 saturated carbocycles. The number of carbonyl (C=O) groups is 3. The minimum Gasteiger partial charge on any atom is -0.505 e. The van der Waals surface area contributed by atoms with Gasteiger partial charge in [0.15, 0.2) is 5.75 Å². The first-order valence-electron chi connectivity index (χ1n) is 7.13. The maximum atomic E-state index is 12.7. The van der Waals surface area contributed by atoms with E-state index in [0.29, 0.717) is 10.6 Å². The molecule has 0 spiro atoms. The molecule has 0 unspecified atom stereocenters. The molecule has 6 nitrogen and oxygen atoms in total. The number of phenols is 1. The molecule has 9 heteroatoms. The van der Waals surface area contributed by atoms with Gasteiger partial charge < -0.3 is 5.11 Å². The lowest BCUT2D eigenvalue weighted by atomic mass is 10.1. The van der Waals surface area contributed by atoms with Gasteiger partial charge in [-0.1, -0.05) is 34.8 Å². The highest BCUT2D eigenvalue weighted by molar-refractivity contribution is 6.40. The van der Waals surface area contributed by atoms with E-state index in [1.807, 2.05) is 0 Å². The third kappa shape index (κ3) is 3.39. The van der Waals surface area contributed by atoms with Crippen molar-refractivity contribution in [3.63, 3.8) is 0 Å². The lowest BCUT2D eigenvalue weighted by molar-refractivity contribution is -0.122. The summed E-state index contributed by atoms with van der Waals surface area (Å²) in [4.78, 5) is 37.7. The van der Waals surface area contributed by atoms with Crippen molar-refractivity contribution in [3.8, 4) is 5.75 Å². The van der Waals surface area contributed by atoms with Crippen LogP contribution in [0.1, 0.15) is 5.56 Å². The molecular weight excluding hydrogens is 403 g/mol. The largest absolute Gasteiger partial charge is 0.505 e. The van der Waals surface area contributed by atoms with Crippen molar-refractivity contribution < 1.29 is 19.5 Å². The Hall–Kier alpha value is -2.54. The average Bonchev–Trinajstić information content (AvgIpc) is 2.58. The Morgan fingerprint density at radius 1 is 0.962 bits per heavy atom. The summed E-state index contributed by atoms with van der Waals surface area (Å²) in [5.41, 5.74) is 0.260. The van der Waals surface area contributed by atoms with Crippen molar-refractivity contribution >= 4 is 64.4 Å². The lowest BCUT2D eigenvalue weighted by Crippen LogP contribution is -2.54. The molecule has 2 N–H and O–H groups in total. The fourth-order valence-electron chi connectivity index (χ4n) is 2.32. The minimum absolute atomic E-state index is 0.0429. The van der Waals surface area contributed by atoms with E-state index in [1.165, 1.54) is 42.5 Å². The molecule has 1 fully saturated rings. The van der Waals surface area contributed by atoms with Gasteiger partial charge in [-0.2, -0.15) is 0 Å². The molecule has 1 saturated heterocycles. The number of amides is 4. The highest BCUT2D eigenvalue weighted by Crippen LogP contribution is 2.33. The second kappa shape index (κ2) is 6.99. The number of hydrogen-bond acceptors (Lipinski definition) is 4. The number of nitrogens with zero attached hydrogens (tertiary/aromatic N) is 1. The van der Waals surface area contributed by atoms with Gasteiger partial charge in [0.2, 0.25) is 0 Å². The molecule has 4 amide bonds. The zero-order valence-electron chi connectivity index (χ0n) is 12.8. The monoisotopic (exact) mass is 410 g/mol. The van der Waals surface area contributed by atoms with Crippen LogP contribution >= 0.6 is 34.8 Å². The van der Waals surface area contributed by atoms with Crippen molar-refractivity contribution in [2.45, 2.75) is 0 Å².